The summed E-state index contributed by atoms with van der Waals surface area (Å²) in [6.07, 6.45) is 0. The Balaban J connectivity index is 2.88. The van der Waals surface area contributed by atoms with Crippen LogP contribution in [0.1, 0.15) is 26.3 Å². The van der Waals surface area contributed by atoms with Crippen LogP contribution in [-0.2, 0) is 11.3 Å². The zero-order chi connectivity index (χ0) is 15.8. The van der Waals surface area contributed by atoms with Gasteiger partial charge in [0.05, 0.1) is 6.54 Å². The minimum Gasteiger partial charge on any atom is -0.365 e. The normalized spacial score (nSPS) is 10.5. The SMILES string of the molecule is CCNCc1c(F)cccc1N(C)CC(=O)N(CC)CC. The molecule has 118 valence electrons. The number of nitrogens with one attached hydrogen (secondary N) is 1. The van der Waals surface area contributed by atoms with Crippen LogP contribution in [-0.4, -0.2) is 44.0 Å². The zero-order valence-corrected chi connectivity index (χ0v) is 13.4. The summed E-state index contributed by atoms with van der Waals surface area (Å²) in [7, 11) is 1.83. The van der Waals surface area contributed by atoms with Crippen molar-refractivity contribution in [1.82, 2.24) is 10.2 Å². The molecular formula is C16H26FN3O. The molecule has 1 amide bonds. The average Bonchev–Trinajstić information content (AvgIpc) is 2.47. The van der Waals surface area contributed by atoms with E-state index >= 15 is 0 Å². The second-order valence-corrected chi connectivity index (χ2v) is 4.94. The zero-order valence-electron chi connectivity index (χ0n) is 13.4. The summed E-state index contributed by atoms with van der Waals surface area (Å²) >= 11 is 0. The molecule has 0 saturated heterocycles. The quantitative estimate of drug-likeness (QED) is 0.799. The van der Waals surface area contributed by atoms with Gasteiger partial charge < -0.3 is 15.1 Å². The smallest absolute Gasteiger partial charge is 0.242 e. The monoisotopic (exact) mass is 295 g/mol. The van der Waals surface area contributed by atoms with Crippen LogP contribution in [0.2, 0.25) is 0 Å². The number of hydrogen-bond donors (Lipinski definition) is 1. The minimum atomic E-state index is -0.240. The summed E-state index contributed by atoms with van der Waals surface area (Å²) in [6, 6.07) is 4.99. The van der Waals surface area contributed by atoms with Gasteiger partial charge in [-0.1, -0.05) is 13.0 Å². The number of benzene rings is 1. The van der Waals surface area contributed by atoms with Crippen molar-refractivity contribution in [3.8, 4) is 0 Å². The third-order valence-electron chi connectivity index (χ3n) is 3.55. The topological polar surface area (TPSA) is 35.6 Å². The van der Waals surface area contributed by atoms with Crippen molar-refractivity contribution >= 4 is 11.6 Å². The van der Waals surface area contributed by atoms with Crippen molar-refractivity contribution in [2.45, 2.75) is 27.3 Å². The van der Waals surface area contributed by atoms with Crippen LogP contribution < -0.4 is 10.2 Å². The van der Waals surface area contributed by atoms with Gasteiger partial charge in [-0.25, -0.2) is 4.39 Å². The van der Waals surface area contributed by atoms with Crippen LogP contribution in [0.4, 0.5) is 10.1 Å². The van der Waals surface area contributed by atoms with Crippen LogP contribution in [0, 0.1) is 5.82 Å². The van der Waals surface area contributed by atoms with E-state index in [0.717, 1.165) is 12.2 Å². The summed E-state index contributed by atoms with van der Waals surface area (Å²) in [5.74, 6) is -0.184. The molecule has 5 heteroatoms. The van der Waals surface area contributed by atoms with Gasteiger partial charge in [0.25, 0.3) is 0 Å². The predicted molar refractivity (Wildman–Crippen MR) is 85.0 cm³/mol. The number of rotatable bonds is 8. The number of likely N-dealkylation sites (N-methyl/N-ethyl adjacent to an activating group) is 2. The van der Waals surface area contributed by atoms with Crippen molar-refractivity contribution in [3.05, 3.63) is 29.6 Å². The molecule has 1 rings (SSSR count). The Morgan fingerprint density at radius 3 is 2.48 bits per heavy atom. The van der Waals surface area contributed by atoms with Gasteiger partial charge in [-0.3, -0.25) is 4.79 Å². The average molecular weight is 295 g/mol. The lowest BCUT2D eigenvalue weighted by Crippen LogP contribution is -2.39. The summed E-state index contributed by atoms with van der Waals surface area (Å²) in [5.41, 5.74) is 1.37. The van der Waals surface area contributed by atoms with E-state index in [4.69, 9.17) is 0 Å². The molecule has 0 aliphatic heterocycles. The number of hydrogen-bond acceptors (Lipinski definition) is 3. The second-order valence-electron chi connectivity index (χ2n) is 4.94. The van der Waals surface area contributed by atoms with E-state index < -0.39 is 0 Å². The molecule has 0 aromatic heterocycles. The van der Waals surface area contributed by atoms with Gasteiger partial charge in [-0.2, -0.15) is 0 Å². The highest BCUT2D eigenvalue weighted by atomic mass is 19.1. The summed E-state index contributed by atoms with van der Waals surface area (Å²) < 4.78 is 14.0. The van der Waals surface area contributed by atoms with E-state index in [1.807, 2.05) is 38.8 Å². The van der Waals surface area contributed by atoms with Crippen molar-refractivity contribution in [3.63, 3.8) is 0 Å². The second kappa shape index (κ2) is 8.62. The van der Waals surface area contributed by atoms with Crippen LogP contribution >= 0.6 is 0 Å². The lowest BCUT2D eigenvalue weighted by molar-refractivity contribution is -0.129. The summed E-state index contributed by atoms with van der Waals surface area (Å²) in [5, 5.41) is 3.14. The molecule has 0 saturated carbocycles. The fourth-order valence-corrected chi connectivity index (χ4v) is 2.29. The molecule has 4 nitrogen and oxygen atoms in total. The maximum absolute atomic E-state index is 14.0. The highest BCUT2D eigenvalue weighted by molar-refractivity contribution is 5.81. The van der Waals surface area contributed by atoms with E-state index in [1.165, 1.54) is 6.07 Å². The van der Waals surface area contributed by atoms with E-state index in [1.54, 1.807) is 11.0 Å². The number of amides is 1. The summed E-state index contributed by atoms with van der Waals surface area (Å²) in [4.78, 5) is 15.8. The molecule has 0 spiro atoms. The molecule has 0 atom stereocenters. The molecule has 0 aliphatic carbocycles. The first kappa shape index (κ1) is 17.4. The molecule has 0 aliphatic rings. The number of carbonyl (C=O) groups excluding carboxylic acids is 1. The van der Waals surface area contributed by atoms with Crippen LogP contribution in [0.15, 0.2) is 18.2 Å². The first-order valence-corrected chi connectivity index (χ1v) is 7.52. The van der Waals surface area contributed by atoms with Crippen LogP contribution in [0.5, 0.6) is 0 Å². The molecule has 0 radical (unpaired) electrons. The van der Waals surface area contributed by atoms with Crippen LogP contribution in [0.3, 0.4) is 0 Å². The Bertz CT molecular complexity index is 461. The highest BCUT2D eigenvalue weighted by Gasteiger charge is 2.16. The van der Waals surface area contributed by atoms with Gasteiger partial charge in [0.1, 0.15) is 5.82 Å². The standard InChI is InChI=1S/C16H26FN3O/c1-5-18-11-13-14(17)9-8-10-15(13)19(4)12-16(21)20(6-2)7-3/h8-10,18H,5-7,11-12H2,1-4H3. The molecule has 0 bridgehead atoms. The van der Waals surface area contributed by atoms with Crippen LogP contribution in [0.25, 0.3) is 0 Å². The molecule has 1 aromatic carbocycles. The van der Waals surface area contributed by atoms with Crippen molar-refractivity contribution in [1.29, 1.82) is 0 Å². The van der Waals surface area contributed by atoms with Crippen molar-refractivity contribution in [2.75, 3.05) is 38.1 Å². The van der Waals surface area contributed by atoms with E-state index in [0.29, 0.717) is 25.2 Å². The fourth-order valence-electron chi connectivity index (χ4n) is 2.29. The van der Waals surface area contributed by atoms with Crippen molar-refractivity contribution in [2.24, 2.45) is 0 Å². The van der Waals surface area contributed by atoms with Gasteiger partial charge in [-0.15, -0.1) is 0 Å². The maximum Gasteiger partial charge on any atom is 0.242 e. The van der Waals surface area contributed by atoms with Gasteiger partial charge >= 0.3 is 0 Å². The van der Waals surface area contributed by atoms with E-state index in [2.05, 4.69) is 5.32 Å². The van der Waals surface area contributed by atoms with Gasteiger partial charge in [0.15, 0.2) is 0 Å². The third-order valence-corrected chi connectivity index (χ3v) is 3.55. The predicted octanol–water partition coefficient (Wildman–Crippen LogP) is 2.24. The van der Waals surface area contributed by atoms with E-state index in [9.17, 15) is 9.18 Å². The minimum absolute atomic E-state index is 0.0566. The molecule has 0 fully saturated rings. The molecule has 1 N–H and O–H groups in total. The molecule has 0 heterocycles. The first-order valence-electron chi connectivity index (χ1n) is 7.52. The summed E-state index contributed by atoms with van der Waals surface area (Å²) in [6.45, 7) is 8.77. The Hall–Kier alpha value is -1.62. The first-order chi connectivity index (χ1) is 10.0. The number of carbonyl (C=O) groups is 1. The Kier molecular flexibility index (Phi) is 7.15. The molecular weight excluding hydrogens is 269 g/mol. The van der Waals surface area contributed by atoms with Crippen molar-refractivity contribution < 1.29 is 9.18 Å². The van der Waals surface area contributed by atoms with E-state index in [-0.39, 0.29) is 18.3 Å². The fraction of sp³-hybridized carbons (Fsp3) is 0.562. The molecule has 21 heavy (non-hydrogen) atoms. The lowest BCUT2D eigenvalue weighted by atomic mass is 10.1. The maximum atomic E-state index is 14.0. The number of nitrogens with zero attached hydrogens (tertiary/aromatic N) is 2. The Morgan fingerprint density at radius 1 is 1.24 bits per heavy atom. The number of anilines is 1. The lowest BCUT2D eigenvalue weighted by Gasteiger charge is -2.26. The molecule has 0 unspecified atom stereocenters. The van der Waals surface area contributed by atoms with Gasteiger partial charge in [-0.05, 0) is 32.5 Å². The largest absolute Gasteiger partial charge is 0.365 e. The third kappa shape index (κ3) is 4.70. The number of halogens is 1. The van der Waals surface area contributed by atoms with Gasteiger partial charge in [0.2, 0.25) is 5.91 Å². The van der Waals surface area contributed by atoms with Gasteiger partial charge in [0, 0.05) is 37.9 Å². The Morgan fingerprint density at radius 2 is 1.90 bits per heavy atom. The highest BCUT2D eigenvalue weighted by Crippen LogP contribution is 2.22. The Labute approximate surface area is 126 Å². The molecule has 1 aromatic rings.